The van der Waals surface area contributed by atoms with Crippen molar-refractivity contribution >= 4 is 9.84 Å². The van der Waals surface area contributed by atoms with Gasteiger partial charge in [-0.25, -0.2) is 8.42 Å². The summed E-state index contributed by atoms with van der Waals surface area (Å²) >= 11 is 0. The molecule has 2 N–H and O–H groups in total. The predicted octanol–water partition coefficient (Wildman–Crippen LogP) is 0.563. The van der Waals surface area contributed by atoms with Crippen LogP contribution in [0.5, 0.6) is 0 Å². The summed E-state index contributed by atoms with van der Waals surface area (Å²) in [6, 6.07) is 0. The predicted molar refractivity (Wildman–Crippen MR) is 58.0 cm³/mol. The summed E-state index contributed by atoms with van der Waals surface area (Å²) in [6.45, 7) is 7.60. The average Bonchev–Trinajstić information content (AvgIpc) is 2.01. The molecule has 0 aromatic rings. The van der Waals surface area contributed by atoms with Gasteiger partial charge in [0.25, 0.3) is 0 Å². The number of rotatable bonds is 5. The molecule has 0 spiro atoms. The van der Waals surface area contributed by atoms with Crippen LogP contribution in [-0.2, 0) is 14.6 Å². The maximum Gasteiger partial charge on any atom is 0.157 e. The zero-order valence-electron chi connectivity index (χ0n) is 9.41. The molecular formula is C9H21NO3S. The van der Waals surface area contributed by atoms with Crippen LogP contribution in [0.25, 0.3) is 0 Å². The van der Waals surface area contributed by atoms with Gasteiger partial charge in [0.05, 0.1) is 16.6 Å². The Morgan fingerprint density at radius 3 is 2.14 bits per heavy atom. The van der Waals surface area contributed by atoms with Crippen molar-refractivity contribution in [3.05, 3.63) is 0 Å². The molecule has 1 atom stereocenters. The highest BCUT2D eigenvalue weighted by Gasteiger charge is 2.31. The molecule has 0 amide bonds. The average molecular weight is 223 g/mol. The smallest absolute Gasteiger partial charge is 0.157 e. The van der Waals surface area contributed by atoms with Crippen molar-refractivity contribution in [3.8, 4) is 0 Å². The highest BCUT2D eigenvalue weighted by Crippen LogP contribution is 2.17. The first-order valence-electron chi connectivity index (χ1n) is 4.78. The Balaban J connectivity index is 4.49. The molecule has 0 aromatic heterocycles. The number of ether oxygens (including phenoxy) is 1. The first-order chi connectivity index (χ1) is 6.24. The van der Waals surface area contributed by atoms with Gasteiger partial charge in [0, 0.05) is 13.2 Å². The monoisotopic (exact) mass is 223 g/mol. The van der Waals surface area contributed by atoms with Gasteiger partial charge in [-0.15, -0.1) is 0 Å². The van der Waals surface area contributed by atoms with Crippen molar-refractivity contribution in [1.82, 2.24) is 0 Å². The molecule has 5 heteroatoms. The molecule has 1 unspecified atom stereocenters. The summed E-state index contributed by atoms with van der Waals surface area (Å²) in [4.78, 5) is 0. The van der Waals surface area contributed by atoms with E-state index in [0.29, 0.717) is 6.61 Å². The van der Waals surface area contributed by atoms with E-state index in [1.54, 1.807) is 20.8 Å². The first kappa shape index (κ1) is 13.9. The van der Waals surface area contributed by atoms with Gasteiger partial charge in [-0.05, 0) is 27.7 Å². The Labute approximate surface area is 86.7 Å². The lowest BCUT2D eigenvalue weighted by Crippen LogP contribution is -2.39. The Hall–Kier alpha value is -0.130. The molecule has 4 nitrogen and oxygen atoms in total. The minimum Gasteiger partial charge on any atom is -0.376 e. The van der Waals surface area contributed by atoms with Crippen LogP contribution in [-0.4, -0.2) is 38.2 Å². The molecule has 0 radical (unpaired) electrons. The number of hydrogen-bond acceptors (Lipinski definition) is 4. The number of hydrogen-bond donors (Lipinski definition) is 1. The summed E-state index contributed by atoms with van der Waals surface area (Å²) in [6.07, 6.45) is -0.385. The van der Waals surface area contributed by atoms with Crippen molar-refractivity contribution in [2.24, 2.45) is 5.73 Å². The molecular weight excluding hydrogens is 202 g/mol. The molecule has 0 bridgehead atoms. The second-order valence-electron chi connectivity index (χ2n) is 4.21. The quantitative estimate of drug-likeness (QED) is 0.739. The van der Waals surface area contributed by atoms with E-state index < -0.39 is 14.6 Å². The molecule has 0 saturated heterocycles. The fourth-order valence-electron chi connectivity index (χ4n) is 0.915. The van der Waals surface area contributed by atoms with Crippen LogP contribution in [0.1, 0.15) is 27.7 Å². The Bertz CT molecular complexity index is 254. The summed E-state index contributed by atoms with van der Waals surface area (Å²) in [5, 5.41) is 0. The molecule has 0 aliphatic rings. The van der Waals surface area contributed by atoms with E-state index in [-0.39, 0.29) is 18.4 Å². The van der Waals surface area contributed by atoms with E-state index >= 15 is 0 Å². The number of nitrogens with two attached hydrogens (primary N) is 1. The fraction of sp³-hybridized carbons (Fsp3) is 1.00. The van der Waals surface area contributed by atoms with Crippen molar-refractivity contribution in [1.29, 1.82) is 0 Å². The van der Waals surface area contributed by atoms with Gasteiger partial charge in [0.2, 0.25) is 0 Å². The van der Waals surface area contributed by atoms with Crippen LogP contribution in [0, 0.1) is 0 Å². The zero-order chi connectivity index (χ0) is 11.4. The van der Waals surface area contributed by atoms with E-state index in [2.05, 4.69) is 0 Å². The maximum atomic E-state index is 11.8. The van der Waals surface area contributed by atoms with Crippen LogP contribution >= 0.6 is 0 Å². The Morgan fingerprint density at radius 2 is 1.86 bits per heavy atom. The van der Waals surface area contributed by atoms with Gasteiger partial charge in [-0.3, -0.25) is 0 Å². The highest BCUT2D eigenvalue weighted by molar-refractivity contribution is 7.92. The summed E-state index contributed by atoms with van der Waals surface area (Å²) in [5.74, 6) is 0.000833. The normalized spacial score (nSPS) is 15.5. The van der Waals surface area contributed by atoms with E-state index in [1.807, 2.05) is 6.92 Å². The first-order valence-corrected chi connectivity index (χ1v) is 6.43. The largest absolute Gasteiger partial charge is 0.376 e. The molecule has 14 heavy (non-hydrogen) atoms. The molecule has 0 rings (SSSR count). The van der Waals surface area contributed by atoms with Crippen LogP contribution in [0.3, 0.4) is 0 Å². The maximum absolute atomic E-state index is 11.8. The zero-order valence-corrected chi connectivity index (χ0v) is 10.2. The van der Waals surface area contributed by atoms with Crippen LogP contribution in [0.15, 0.2) is 0 Å². The second-order valence-corrected chi connectivity index (χ2v) is 6.99. The number of sulfone groups is 1. The van der Waals surface area contributed by atoms with Crippen molar-refractivity contribution in [3.63, 3.8) is 0 Å². The van der Waals surface area contributed by atoms with E-state index in [0.717, 1.165) is 0 Å². The lowest BCUT2D eigenvalue weighted by atomic mass is 10.3. The van der Waals surface area contributed by atoms with Crippen molar-refractivity contribution in [2.75, 3.05) is 18.9 Å². The topological polar surface area (TPSA) is 69.4 Å². The molecule has 86 valence electrons. The van der Waals surface area contributed by atoms with E-state index in [1.165, 1.54) is 0 Å². The van der Waals surface area contributed by atoms with Gasteiger partial charge in [0.15, 0.2) is 9.84 Å². The van der Waals surface area contributed by atoms with Gasteiger partial charge in [-0.2, -0.15) is 0 Å². The summed E-state index contributed by atoms with van der Waals surface area (Å²) in [7, 11) is -3.14. The van der Waals surface area contributed by atoms with E-state index in [4.69, 9.17) is 10.5 Å². The van der Waals surface area contributed by atoms with Gasteiger partial charge in [-0.1, -0.05) is 0 Å². The lowest BCUT2D eigenvalue weighted by Gasteiger charge is -2.23. The highest BCUT2D eigenvalue weighted by atomic mass is 32.2. The van der Waals surface area contributed by atoms with Crippen molar-refractivity contribution in [2.45, 2.75) is 38.5 Å². The molecule has 0 aliphatic carbocycles. The molecule has 0 aliphatic heterocycles. The van der Waals surface area contributed by atoms with Crippen LogP contribution < -0.4 is 5.73 Å². The minimum atomic E-state index is -3.14. The Morgan fingerprint density at radius 1 is 1.36 bits per heavy atom. The standard InChI is InChI=1S/C9H21NO3S/c1-5-13-8(6-10)7-14(11,12)9(2,3)4/h8H,5-7,10H2,1-4H3. The van der Waals surface area contributed by atoms with Crippen LogP contribution in [0.2, 0.25) is 0 Å². The summed E-state index contributed by atoms with van der Waals surface area (Å²) in [5.41, 5.74) is 5.42. The Kier molecular flexibility index (Phi) is 5.05. The van der Waals surface area contributed by atoms with Crippen molar-refractivity contribution < 1.29 is 13.2 Å². The van der Waals surface area contributed by atoms with Crippen LogP contribution in [0.4, 0.5) is 0 Å². The van der Waals surface area contributed by atoms with Gasteiger partial charge in [0.1, 0.15) is 0 Å². The molecule has 0 heterocycles. The SMILES string of the molecule is CCOC(CN)CS(=O)(=O)C(C)(C)C. The minimum absolute atomic E-state index is 0.000833. The van der Waals surface area contributed by atoms with E-state index in [9.17, 15) is 8.42 Å². The molecule has 0 fully saturated rings. The third-order valence-electron chi connectivity index (χ3n) is 2.00. The summed E-state index contributed by atoms with van der Waals surface area (Å²) < 4.78 is 28.0. The lowest BCUT2D eigenvalue weighted by molar-refractivity contribution is 0.0843. The second kappa shape index (κ2) is 5.09. The van der Waals surface area contributed by atoms with Gasteiger partial charge >= 0.3 is 0 Å². The third kappa shape index (κ3) is 3.94. The third-order valence-corrected chi connectivity index (χ3v) is 4.68. The van der Waals surface area contributed by atoms with Gasteiger partial charge < -0.3 is 10.5 Å². The molecule has 0 aromatic carbocycles. The molecule has 0 saturated carbocycles. The fourth-order valence-corrected chi connectivity index (χ4v) is 2.14.